The molecule has 0 saturated heterocycles. The van der Waals surface area contributed by atoms with Crippen LogP contribution in [0.5, 0.6) is 5.75 Å². The number of para-hydroxylation sites is 2. The number of nitrogens with one attached hydrogen (secondary N) is 2. The molecule has 2 N–H and O–H groups in total. The molecule has 1 atom stereocenters. The first kappa shape index (κ1) is 24.6. The fraction of sp³-hybridized carbons (Fsp3) is 0.304. The first-order valence-electron chi connectivity index (χ1n) is 10.5. The Kier molecular flexibility index (Phi) is 8.73. The molecular formula is C23H26ClN5O3S. The van der Waals surface area contributed by atoms with Gasteiger partial charge in [0.25, 0.3) is 0 Å². The maximum atomic E-state index is 12.5. The quantitative estimate of drug-likeness (QED) is 0.432. The number of urea groups is 1. The molecule has 0 radical (unpaired) electrons. The second-order valence-electron chi connectivity index (χ2n) is 7.64. The largest absolute Gasteiger partial charge is 0.484 e. The standard InChI is InChI=1S/C23H26ClN5O3S/c1-15(2)13-25-22(31)26-21(30)16(3)33-23-28-27-20(29(23)17-9-5-4-6-10-17)14-32-19-12-8-7-11-18(19)24/h4-12,15-16H,13-14H2,1-3H3,(H2,25,26,30,31). The Morgan fingerprint density at radius 1 is 1.06 bits per heavy atom. The van der Waals surface area contributed by atoms with E-state index in [1.807, 2.05) is 60.9 Å². The van der Waals surface area contributed by atoms with Gasteiger partial charge in [0.2, 0.25) is 5.91 Å². The van der Waals surface area contributed by atoms with E-state index in [1.165, 1.54) is 11.8 Å². The summed E-state index contributed by atoms with van der Waals surface area (Å²) in [5.74, 6) is 0.952. The smallest absolute Gasteiger partial charge is 0.321 e. The monoisotopic (exact) mass is 487 g/mol. The summed E-state index contributed by atoms with van der Waals surface area (Å²) in [4.78, 5) is 24.5. The number of thioether (sulfide) groups is 1. The Balaban J connectivity index is 1.75. The third-order valence-electron chi connectivity index (χ3n) is 4.47. The number of hydrogen-bond donors (Lipinski definition) is 2. The number of carbonyl (C=O) groups excluding carboxylic acids is 2. The Morgan fingerprint density at radius 2 is 1.76 bits per heavy atom. The Morgan fingerprint density at radius 3 is 2.45 bits per heavy atom. The molecule has 33 heavy (non-hydrogen) atoms. The van der Waals surface area contributed by atoms with Gasteiger partial charge in [0, 0.05) is 12.2 Å². The van der Waals surface area contributed by atoms with E-state index in [0.717, 1.165) is 5.69 Å². The molecule has 1 unspecified atom stereocenters. The molecule has 3 aromatic rings. The maximum Gasteiger partial charge on any atom is 0.321 e. The van der Waals surface area contributed by atoms with E-state index in [9.17, 15) is 9.59 Å². The second kappa shape index (κ2) is 11.7. The summed E-state index contributed by atoms with van der Waals surface area (Å²) in [7, 11) is 0. The van der Waals surface area contributed by atoms with Crippen molar-refractivity contribution in [2.75, 3.05) is 6.54 Å². The predicted molar refractivity (Wildman–Crippen MR) is 129 cm³/mol. The van der Waals surface area contributed by atoms with Gasteiger partial charge in [-0.25, -0.2) is 4.79 Å². The van der Waals surface area contributed by atoms with E-state index in [2.05, 4.69) is 20.8 Å². The van der Waals surface area contributed by atoms with Crippen molar-refractivity contribution < 1.29 is 14.3 Å². The number of carbonyl (C=O) groups is 2. The fourth-order valence-corrected chi connectivity index (χ4v) is 3.85. The molecule has 0 aliphatic heterocycles. The number of ether oxygens (including phenoxy) is 1. The van der Waals surface area contributed by atoms with Crippen LogP contribution in [0.1, 0.15) is 26.6 Å². The van der Waals surface area contributed by atoms with E-state index >= 15 is 0 Å². The van der Waals surface area contributed by atoms with Gasteiger partial charge in [0.15, 0.2) is 11.0 Å². The third-order valence-corrected chi connectivity index (χ3v) is 5.82. The molecule has 10 heteroatoms. The average Bonchev–Trinajstić information content (AvgIpc) is 3.20. The van der Waals surface area contributed by atoms with Gasteiger partial charge in [-0.2, -0.15) is 0 Å². The van der Waals surface area contributed by atoms with Gasteiger partial charge in [0.1, 0.15) is 12.4 Å². The Labute approximate surface area is 202 Å². The van der Waals surface area contributed by atoms with Crippen LogP contribution >= 0.6 is 23.4 Å². The highest BCUT2D eigenvalue weighted by Crippen LogP contribution is 2.28. The second-order valence-corrected chi connectivity index (χ2v) is 9.36. The van der Waals surface area contributed by atoms with Crippen molar-refractivity contribution in [1.29, 1.82) is 0 Å². The summed E-state index contributed by atoms with van der Waals surface area (Å²) in [5, 5.41) is 14.0. The molecule has 8 nitrogen and oxygen atoms in total. The van der Waals surface area contributed by atoms with Gasteiger partial charge in [0.05, 0.1) is 10.3 Å². The lowest BCUT2D eigenvalue weighted by Gasteiger charge is -2.14. The number of nitrogens with zero attached hydrogens (tertiary/aromatic N) is 3. The normalized spacial score (nSPS) is 11.8. The molecule has 1 heterocycles. The van der Waals surface area contributed by atoms with E-state index in [4.69, 9.17) is 16.3 Å². The van der Waals surface area contributed by atoms with Gasteiger partial charge < -0.3 is 10.1 Å². The predicted octanol–water partition coefficient (Wildman–Crippen LogP) is 4.46. The summed E-state index contributed by atoms with van der Waals surface area (Å²) in [6.45, 7) is 6.27. The maximum absolute atomic E-state index is 12.5. The van der Waals surface area contributed by atoms with Crippen LogP contribution in [0, 0.1) is 5.92 Å². The van der Waals surface area contributed by atoms with Crippen LogP contribution in [0.4, 0.5) is 4.79 Å². The van der Waals surface area contributed by atoms with Crippen LogP contribution in [0.2, 0.25) is 5.02 Å². The molecule has 1 aromatic heterocycles. The van der Waals surface area contributed by atoms with E-state index in [0.29, 0.717) is 28.3 Å². The van der Waals surface area contributed by atoms with Crippen molar-refractivity contribution >= 4 is 35.3 Å². The lowest BCUT2D eigenvalue weighted by molar-refractivity contribution is -0.119. The molecule has 0 saturated carbocycles. The summed E-state index contributed by atoms with van der Waals surface area (Å²) in [6.07, 6.45) is 0. The number of rotatable bonds is 9. The van der Waals surface area contributed by atoms with Gasteiger partial charge >= 0.3 is 6.03 Å². The van der Waals surface area contributed by atoms with Crippen molar-refractivity contribution in [3.05, 3.63) is 65.4 Å². The SMILES string of the molecule is CC(C)CNC(=O)NC(=O)C(C)Sc1nnc(COc2ccccc2Cl)n1-c1ccccc1. The number of benzene rings is 2. The van der Waals surface area contributed by atoms with Crippen LogP contribution in [0.15, 0.2) is 59.8 Å². The fourth-order valence-electron chi connectivity index (χ4n) is 2.78. The van der Waals surface area contributed by atoms with Crippen molar-refractivity contribution in [3.63, 3.8) is 0 Å². The molecule has 0 aliphatic rings. The van der Waals surface area contributed by atoms with Crippen molar-refractivity contribution in [1.82, 2.24) is 25.4 Å². The van der Waals surface area contributed by atoms with Crippen LogP contribution in [0.25, 0.3) is 5.69 Å². The summed E-state index contributed by atoms with van der Waals surface area (Å²) in [5.41, 5.74) is 0.824. The van der Waals surface area contributed by atoms with Crippen molar-refractivity contribution in [2.24, 2.45) is 5.92 Å². The lowest BCUT2D eigenvalue weighted by atomic mass is 10.2. The molecule has 3 rings (SSSR count). The Hall–Kier alpha value is -3.04. The minimum atomic E-state index is -0.584. The summed E-state index contributed by atoms with van der Waals surface area (Å²) in [6, 6.07) is 16.2. The average molecular weight is 488 g/mol. The highest BCUT2D eigenvalue weighted by Gasteiger charge is 2.23. The highest BCUT2D eigenvalue weighted by molar-refractivity contribution is 8.00. The lowest BCUT2D eigenvalue weighted by Crippen LogP contribution is -2.43. The first-order valence-corrected chi connectivity index (χ1v) is 11.7. The highest BCUT2D eigenvalue weighted by atomic mass is 35.5. The van der Waals surface area contributed by atoms with E-state index in [-0.39, 0.29) is 12.5 Å². The van der Waals surface area contributed by atoms with Gasteiger partial charge in [-0.1, -0.05) is 67.5 Å². The zero-order valence-electron chi connectivity index (χ0n) is 18.6. The van der Waals surface area contributed by atoms with Crippen LogP contribution in [-0.4, -0.2) is 38.5 Å². The minimum Gasteiger partial charge on any atom is -0.484 e. The first-order chi connectivity index (χ1) is 15.8. The molecule has 0 aliphatic carbocycles. The zero-order chi connectivity index (χ0) is 23.8. The van der Waals surface area contributed by atoms with Crippen molar-refractivity contribution in [3.8, 4) is 11.4 Å². The third kappa shape index (κ3) is 6.97. The molecule has 0 fully saturated rings. The van der Waals surface area contributed by atoms with Crippen LogP contribution < -0.4 is 15.4 Å². The molecule has 2 aromatic carbocycles. The summed E-state index contributed by atoms with van der Waals surface area (Å²) < 4.78 is 7.68. The number of imide groups is 1. The molecule has 0 bridgehead atoms. The van der Waals surface area contributed by atoms with E-state index in [1.54, 1.807) is 19.1 Å². The number of halogens is 1. The number of amides is 3. The van der Waals surface area contributed by atoms with Crippen LogP contribution in [0.3, 0.4) is 0 Å². The molecule has 3 amide bonds. The minimum absolute atomic E-state index is 0.129. The zero-order valence-corrected chi connectivity index (χ0v) is 20.2. The number of aromatic nitrogens is 3. The summed E-state index contributed by atoms with van der Waals surface area (Å²) >= 11 is 7.39. The molecular weight excluding hydrogens is 462 g/mol. The van der Waals surface area contributed by atoms with Gasteiger partial charge in [-0.15, -0.1) is 10.2 Å². The van der Waals surface area contributed by atoms with Gasteiger partial charge in [-0.05, 0) is 37.1 Å². The Bertz CT molecular complexity index is 1090. The molecule has 0 spiro atoms. The topological polar surface area (TPSA) is 98.1 Å². The number of hydrogen-bond acceptors (Lipinski definition) is 6. The van der Waals surface area contributed by atoms with Crippen LogP contribution in [-0.2, 0) is 11.4 Å². The van der Waals surface area contributed by atoms with Crippen molar-refractivity contribution in [2.45, 2.75) is 37.8 Å². The molecule has 174 valence electrons. The van der Waals surface area contributed by atoms with E-state index < -0.39 is 17.2 Å². The van der Waals surface area contributed by atoms with Gasteiger partial charge in [-0.3, -0.25) is 14.7 Å².